The quantitative estimate of drug-likeness (QED) is 0.249. The Morgan fingerprint density at radius 2 is 1.64 bits per heavy atom. The summed E-state index contributed by atoms with van der Waals surface area (Å²) < 4.78 is 52.4. The van der Waals surface area contributed by atoms with Gasteiger partial charge in [-0.15, -0.1) is 0 Å². The minimum absolute atomic E-state index is 0.0104. The van der Waals surface area contributed by atoms with Crippen molar-refractivity contribution in [3.8, 4) is 0 Å². The number of alkyl halides is 3. The van der Waals surface area contributed by atoms with Crippen LogP contribution in [-0.2, 0) is 21.8 Å². The molecule has 1 aromatic heterocycles. The number of rotatable bonds is 7. The molecule has 0 bridgehead atoms. The first-order valence-electron chi connectivity index (χ1n) is 13.7. The van der Waals surface area contributed by atoms with Gasteiger partial charge in [-0.1, -0.05) is 60.6 Å². The number of nitrogens with zero attached hydrogens (tertiary/aromatic N) is 1. The van der Waals surface area contributed by atoms with Gasteiger partial charge in [-0.2, -0.15) is 13.2 Å². The van der Waals surface area contributed by atoms with Crippen molar-refractivity contribution in [2.24, 2.45) is 5.41 Å². The first-order valence-corrected chi connectivity index (χ1v) is 16.6. The van der Waals surface area contributed by atoms with E-state index in [9.17, 15) is 18.0 Å². The summed E-state index contributed by atoms with van der Waals surface area (Å²) in [6, 6.07) is 4.42. The van der Waals surface area contributed by atoms with Crippen LogP contribution < -0.4 is 0 Å². The number of hydrogen-bond acceptors (Lipinski definition) is 4. The SMILES string of the molecule is COC(C)c1nc2c(c(C(C)C)c1C(=O)c1ccc(C(F)(F)F)cc1)C(O[Si](C)(C)C(C)(C)C)CC(C)(C)C2. The lowest BCUT2D eigenvalue weighted by Gasteiger charge is -2.45. The van der Waals surface area contributed by atoms with Crippen LogP contribution in [0.1, 0.15) is 124 Å². The molecule has 1 aromatic carbocycles. The van der Waals surface area contributed by atoms with Gasteiger partial charge < -0.3 is 9.16 Å². The Kier molecular flexibility index (Phi) is 8.68. The molecule has 39 heavy (non-hydrogen) atoms. The summed E-state index contributed by atoms with van der Waals surface area (Å²) in [4.78, 5) is 19.2. The molecule has 4 nitrogen and oxygen atoms in total. The van der Waals surface area contributed by atoms with E-state index >= 15 is 0 Å². The highest BCUT2D eigenvalue weighted by atomic mass is 28.4. The second kappa shape index (κ2) is 10.7. The van der Waals surface area contributed by atoms with Crippen molar-refractivity contribution in [1.29, 1.82) is 0 Å². The third-order valence-electron chi connectivity index (χ3n) is 8.35. The average molecular weight is 564 g/mol. The summed E-state index contributed by atoms with van der Waals surface area (Å²) in [5.74, 6) is -0.401. The van der Waals surface area contributed by atoms with Gasteiger partial charge in [-0.3, -0.25) is 9.78 Å². The Morgan fingerprint density at radius 3 is 2.10 bits per heavy atom. The number of halogens is 3. The smallest absolute Gasteiger partial charge is 0.410 e. The van der Waals surface area contributed by atoms with Gasteiger partial charge in [0.1, 0.15) is 0 Å². The maximum atomic E-state index is 14.1. The van der Waals surface area contributed by atoms with E-state index in [0.29, 0.717) is 11.3 Å². The Morgan fingerprint density at radius 1 is 1.08 bits per heavy atom. The normalized spacial score (nSPS) is 18.7. The van der Waals surface area contributed by atoms with Crippen molar-refractivity contribution in [3.05, 3.63) is 63.5 Å². The largest absolute Gasteiger partial charge is 0.416 e. The molecule has 0 saturated heterocycles. The fraction of sp³-hybridized carbons (Fsp3) is 0.613. The summed E-state index contributed by atoms with van der Waals surface area (Å²) in [6.45, 7) is 21.5. The number of hydrogen-bond donors (Lipinski definition) is 0. The highest BCUT2D eigenvalue weighted by Crippen LogP contribution is 2.50. The summed E-state index contributed by atoms with van der Waals surface area (Å²) in [5.41, 5.74) is 3.03. The molecule has 216 valence electrons. The molecule has 0 saturated carbocycles. The minimum Gasteiger partial charge on any atom is -0.410 e. The van der Waals surface area contributed by atoms with Crippen molar-refractivity contribution in [3.63, 3.8) is 0 Å². The topological polar surface area (TPSA) is 48.4 Å². The predicted octanol–water partition coefficient (Wildman–Crippen LogP) is 9.20. The second-order valence-corrected chi connectivity index (χ2v) is 18.3. The lowest BCUT2D eigenvalue weighted by atomic mass is 9.71. The van der Waals surface area contributed by atoms with Crippen molar-refractivity contribution < 1.29 is 27.1 Å². The zero-order valence-electron chi connectivity index (χ0n) is 25.3. The number of carbonyl (C=O) groups is 1. The number of ketones is 1. The van der Waals surface area contributed by atoms with Gasteiger partial charge in [0.2, 0.25) is 0 Å². The molecule has 2 unspecified atom stereocenters. The van der Waals surface area contributed by atoms with E-state index in [1.807, 2.05) is 20.8 Å². The third kappa shape index (κ3) is 6.49. The van der Waals surface area contributed by atoms with Gasteiger partial charge in [0.25, 0.3) is 0 Å². The highest BCUT2D eigenvalue weighted by molar-refractivity contribution is 6.74. The highest BCUT2D eigenvalue weighted by Gasteiger charge is 2.45. The Bertz CT molecular complexity index is 1210. The van der Waals surface area contributed by atoms with Crippen LogP contribution in [0, 0.1) is 5.41 Å². The Hall–Kier alpha value is -2.03. The molecule has 1 aliphatic rings. The fourth-order valence-electron chi connectivity index (χ4n) is 5.15. The number of methoxy groups -OCH3 is 1. The molecular weight excluding hydrogens is 519 g/mol. The van der Waals surface area contributed by atoms with E-state index in [1.54, 1.807) is 7.11 Å². The van der Waals surface area contributed by atoms with Crippen molar-refractivity contribution >= 4 is 14.1 Å². The van der Waals surface area contributed by atoms with Gasteiger partial charge in [-0.25, -0.2) is 0 Å². The fourth-order valence-corrected chi connectivity index (χ4v) is 6.41. The first kappa shape index (κ1) is 31.5. The monoisotopic (exact) mass is 563 g/mol. The molecule has 3 rings (SSSR count). The number of carbonyl (C=O) groups excluding carboxylic acids is 1. The molecule has 8 heteroatoms. The first-order chi connectivity index (χ1) is 17.7. The summed E-state index contributed by atoms with van der Waals surface area (Å²) >= 11 is 0. The maximum absolute atomic E-state index is 14.1. The van der Waals surface area contributed by atoms with E-state index in [0.717, 1.165) is 41.8 Å². The zero-order valence-corrected chi connectivity index (χ0v) is 26.3. The number of ether oxygens (including phenoxy) is 1. The van der Waals surface area contributed by atoms with E-state index in [1.165, 1.54) is 12.1 Å². The molecule has 0 spiro atoms. The van der Waals surface area contributed by atoms with E-state index in [4.69, 9.17) is 14.1 Å². The number of fused-ring (bicyclic) bond motifs is 1. The summed E-state index contributed by atoms with van der Waals surface area (Å²) in [7, 11) is -0.630. The number of aromatic nitrogens is 1. The van der Waals surface area contributed by atoms with Crippen molar-refractivity contribution in [2.75, 3.05) is 7.11 Å². The number of pyridine rings is 1. The van der Waals surface area contributed by atoms with Crippen LogP contribution in [-0.4, -0.2) is 26.2 Å². The van der Waals surface area contributed by atoms with Crippen LogP contribution in [0.15, 0.2) is 24.3 Å². The van der Waals surface area contributed by atoms with Crippen LogP contribution in [0.3, 0.4) is 0 Å². The summed E-state index contributed by atoms with van der Waals surface area (Å²) in [5, 5.41) is -0.0104. The molecule has 0 radical (unpaired) electrons. The molecule has 0 amide bonds. The standard InChI is InChI=1S/C31H44F3NO3Si/c1-18(2)24-25-22(16-30(7,8)17-23(25)38-39(10,11)29(4,5)6)35-27(19(3)37-9)26(24)28(36)20-12-14-21(15-13-20)31(32,33)34/h12-15,18-19,23H,16-17H2,1-11H3. The molecule has 2 aromatic rings. The molecule has 2 atom stereocenters. The lowest BCUT2D eigenvalue weighted by molar-refractivity contribution is -0.137. The predicted molar refractivity (Wildman–Crippen MR) is 152 cm³/mol. The Labute approximate surface area is 232 Å². The van der Waals surface area contributed by atoms with Crippen LogP contribution >= 0.6 is 0 Å². The lowest BCUT2D eigenvalue weighted by Crippen LogP contribution is -2.44. The van der Waals surface area contributed by atoms with Gasteiger partial charge >= 0.3 is 6.18 Å². The molecule has 0 fully saturated rings. The third-order valence-corrected chi connectivity index (χ3v) is 12.8. The molecule has 0 N–H and O–H groups in total. The molecular formula is C31H44F3NO3Si. The van der Waals surface area contributed by atoms with Gasteiger partial charge in [0.05, 0.1) is 29.0 Å². The number of benzene rings is 1. The van der Waals surface area contributed by atoms with Crippen LogP contribution in [0.25, 0.3) is 0 Å². The van der Waals surface area contributed by atoms with Crippen LogP contribution in [0.5, 0.6) is 0 Å². The van der Waals surface area contributed by atoms with Gasteiger partial charge in [0, 0.05) is 23.9 Å². The van der Waals surface area contributed by atoms with E-state index < -0.39 is 26.2 Å². The average Bonchev–Trinajstić information content (AvgIpc) is 2.79. The van der Waals surface area contributed by atoms with Gasteiger partial charge in [0.15, 0.2) is 14.1 Å². The van der Waals surface area contributed by atoms with Gasteiger partial charge in [-0.05, 0) is 66.9 Å². The van der Waals surface area contributed by atoms with Crippen LogP contribution in [0.4, 0.5) is 13.2 Å². The zero-order chi connectivity index (χ0) is 29.7. The van der Waals surface area contributed by atoms with Crippen molar-refractivity contribution in [2.45, 2.75) is 111 Å². The van der Waals surface area contributed by atoms with E-state index in [-0.39, 0.29) is 33.8 Å². The summed E-state index contributed by atoms with van der Waals surface area (Å²) in [6.07, 6.45) is -3.67. The second-order valence-electron chi connectivity index (χ2n) is 13.5. The maximum Gasteiger partial charge on any atom is 0.416 e. The molecule has 1 heterocycles. The molecule has 0 aliphatic heterocycles. The molecule has 1 aliphatic carbocycles. The van der Waals surface area contributed by atoms with Crippen LogP contribution in [0.2, 0.25) is 18.1 Å². The minimum atomic E-state index is -4.48. The van der Waals surface area contributed by atoms with Crippen molar-refractivity contribution in [1.82, 2.24) is 4.98 Å². The Balaban J connectivity index is 2.32. The van der Waals surface area contributed by atoms with E-state index in [2.05, 4.69) is 47.7 Å².